The maximum absolute atomic E-state index is 10.3. The Labute approximate surface area is 152 Å². The molecule has 0 spiro atoms. The second kappa shape index (κ2) is 6.80. The minimum Gasteiger partial charge on any atom is -0.508 e. The van der Waals surface area contributed by atoms with Crippen molar-refractivity contribution in [1.82, 2.24) is 14.8 Å². The largest absolute Gasteiger partial charge is 0.508 e. The lowest BCUT2D eigenvalue weighted by molar-refractivity contribution is 0.444. The Balaban J connectivity index is 2.11. The van der Waals surface area contributed by atoms with Crippen LogP contribution < -0.4 is 0 Å². The Morgan fingerprint density at radius 3 is 2.48 bits per heavy atom. The number of phenols is 2. The van der Waals surface area contributed by atoms with E-state index in [2.05, 4.69) is 22.8 Å². The lowest BCUT2D eigenvalue weighted by Crippen LogP contribution is -2.05. The molecular weight excluding hydrogens is 334 g/mol. The molecule has 1 heterocycles. The highest BCUT2D eigenvalue weighted by molar-refractivity contribution is 7.80. The molecule has 1 aromatic heterocycles. The van der Waals surface area contributed by atoms with Crippen LogP contribution in [0.3, 0.4) is 0 Å². The zero-order chi connectivity index (χ0) is 18.1. The van der Waals surface area contributed by atoms with Crippen LogP contribution in [0.15, 0.2) is 41.6 Å². The van der Waals surface area contributed by atoms with Gasteiger partial charge in [0, 0.05) is 6.07 Å². The normalized spacial score (nSPS) is 11.2. The number of aromatic nitrogens is 3. The molecule has 25 heavy (non-hydrogen) atoms. The minimum absolute atomic E-state index is 0.0336. The monoisotopic (exact) mass is 355 g/mol. The summed E-state index contributed by atoms with van der Waals surface area (Å²) in [5.41, 5.74) is 3.57. The summed E-state index contributed by atoms with van der Waals surface area (Å²) in [4.78, 5) is 0. The second-order valence-corrected chi connectivity index (χ2v) is 6.82. The molecule has 0 aliphatic heterocycles. The van der Waals surface area contributed by atoms with Crippen LogP contribution in [-0.2, 0) is 6.54 Å². The molecule has 2 N–H and O–H groups in total. The van der Waals surface area contributed by atoms with Gasteiger partial charge in [-0.2, -0.15) is 0 Å². The standard InChI is InChI=1S/C19H21N3O2S/c1-11(2)14-8-15(17(24)9-16(14)23)18-20-21-19(25)22(18)10-13-7-5-4-6-12(13)3/h4-9,11,23-24H,10H2,1-3H3,(H,21,25). The molecule has 0 fully saturated rings. The van der Waals surface area contributed by atoms with Gasteiger partial charge in [-0.1, -0.05) is 38.1 Å². The molecule has 0 amide bonds. The van der Waals surface area contributed by atoms with E-state index in [4.69, 9.17) is 0 Å². The van der Waals surface area contributed by atoms with Crippen molar-refractivity contribution in [3.8, 4) is 22.9 Å². The molecule has 0 saturated heterocycles. The van der Waals surface area contributed by atoms with Crippen LogP contribution in [0, 0.1) is 6.92 Å². The van der Waals surface area contributed by atoms with E-state index in [9.17, 15) is 10.2 Å². The number of rotatable bonds is 4. The van der Waals surface area contributed by atoms with Gasteiger partial charge in [-0.3, -0.25) is 4.57 Å². The van der Waals surface area contributed by atoms with Gasteiger partial charge in [0.05, 0.1) is 12.1 Å². The van der Waals surface area contributed by atoms with Gasteiger partial charge in [-0.05, 0) is 35.6 Å². The van der Waals surface area contributed by atoms with Crippen LogP contribution in [0.2, 0.25) is 0 Å². The van der Waals surface area contributed by atoms with Crippen LogP contribution in [0.5, 0.6) is 11.5 Å². The van der Waals surface area contributed by atoms with Crippen molar-refractivity contribution < 1.29 is 10.2 Å². The van der Waals surface area contributed by atoms with Gasteiger partial charge in [-0.25, -0.2) is 0 Å². The Morgan fingerprint density at radius 1 is 1.08 bits per heavy atom. The number of phenolic OH excluding ortho intramolecular Hbond substituents is 2. The summed E-state index contributed by atoms with van der Waals surface area (Å²) in [6.45, 7) is 6.56. The summed E-state index contributed by atoms with van der Waals surface area (Å²) in [6, 6.07) is 11.2. The zero-order valence-electron chi connectivity index (χ0n) is 14.4. The Kier molecular flexibility index (Phi) is 4.72. The van der Waals surface area contributed by atoms with E-state index in [-0.39, 0.29) is 17.4 Å². The number of hydrogen-bond acceptors (Lipinski definition) is 5. The molecule has 3 aromatic rings. The number of nitrogens with zero attached hydrogens (tertiary/aromatic N) is 3. The Hall–Kier alpha value is -2.47. The van der Waals surface area contributed by atoms with E-state index in [1.165, 1.54) is 6.07 Å². The number of benzene rings is 2. The van der Waals surface area contributed by atoms with E-state index < -0.39 is 0 Å². The van der Waals surface area contributed by atoms with Crippen LogP contribution in [0.4, 0.5) is 0 Å². The highest BCUT2D eigenvalue weighted by Crippen LogP contribution is 2.37. The average molecular weight is 355 g/mol. The van der Waals surface area contributed by atoms with Crippen molar-refractivity contribution in [2.45, 2.75) is 38.4 Å². The molecule has 130 valence electrons. The molecule has 5 nitrogen and oxygen atoms in total. The van der Waals surface area contributed by atoms with Gasteiger partial charge in [0.25, 0.3) is 0 Å². The predicted octanol–water partition coefficient (Wildman–Crippen LogP) is 4.13. The van der Waals surface area contributed by atoms with Gasteiger partial charge >= 0.3 is 0 Å². The maximum atomic E-state index is 10.3. The summed E-state index contributed by atoms with van der Waals surface area (Å²) in [5.74, 6) is 0.677. The maximum Gasteiger partial charge on any atom is 0.188 e. The lowest BCUT2D eigenvalue weighted by Gasteiger charge is -2.14. The number of aromatic hydroxyl groups is 2. The van der Waals surface area contributed by atoms with Crippen molar-refractivity contribution in [2.75, 3.05) is 0 Å². The van der Waals surface area contributed by atoms with E-state index >= 15 is 0 Å². The Bertz CT molecular complexity index is 919. The molecule has 0 bridgehead atoms. The highest BCUT2D eigenvalue weighted by atomic mass is 32.1. The number of thiol groups is 1. The summed E-state index contributed by atoms with van der Waals surface area (Å²) in [6.07, 6.45) is 0. The molecule has 0 aliphatic rings. The van der Waals surface area contributed by atoms with Gasteiger partial charge in [-0.15, -0.1) is 22.8 Å². The van der Waals surface area contributed by atoms with Crippen molar-refractivity contribution in [2.24, 2.45) is 0 Å². The third kappa shape index (κ3) is 3.35. The molecule has 3 rings (SSSR count). The third-order valence-corrected chi connectivity index (χ3v) is 4.66. The SMILES string of the molecule is Cc1ccccc1Cn1c(S)nnc1-c1cc(C(C)C)c(O)cc1O. The lowest BCUT2D eigenvalue weighted by atomic mass is 9.98. The van der Waals surface area contributed by atoms with E-state index in [0.717, 1.165) is 16.7 Å². The molecule has 0 saturated carbocycles. The van der Waals surface area contributed by atoms with Crippen molar-refractivity contribution in [3.05, 3.63) is 53.1 Å². The Morgan fingerprint density at radius 2 is 1.80 bits per heavy atom. The van der Waals surface area contributed by atoms with E-state index in [1.807, 2.05) is 49.6 Å². The van der Waals surface area contributed by atoms with Crippen molar-refractivity contribution >= 4 is 12.6 Å². The van der Waals surface area contributed by atoms with Crippen LogP contribution in [0.1, 0.15) is 36.5 Å². The van der Waals surface area contributed by atoms with Gasteiger partial charge in [0.15, 0.2) is 11.0 Å². The minimum atomic E-state index is -0.0336. The van der Waals surface area contributed by atoms with Crippen LogP contribution >= 0.6 is 12.6 Å². The predicted molar refractivity (Wildman–Crippen MR) is 100 cm³/mol. The average Bonchev–Trinajstić information content (AvgIpc) is 2.90. The smallest absolute Gasteiger partial charge is 0.188 e. The first-order valence-corrected chi connectivity index (χ1v) is 8.56. The first-order valence-electron chi connectivity index (χ1n) is 8.11. The fourth-order valence-corrected chi connectivity index (χ4v) is 3.04. The van der Waals surface area contributed by atoms with Gasteiger partial charge in [0.2, 0.25) is 0 Å². The topological polar surface area (TPSA) is 71.2 Å². The van der Waals surface area contributed by atoms with E-state index in [0.29, 0.717) is 23.1 Å². The molecular formula is C19H21N3O2S. The van der Waals surface area contributed by atoms with Gasteiger partial charge < -0.3 is 10.2 Å². The summed E-state index contributed by atoms with van der Waals surface area (Å²) in [7, 11) is 0. The van der Waals surface area contributed by atoms with Crippen molar-refractivity contribution in [3.63, 3.8) is 0 Å². The van der Waals surface area contributed by atoms with E-state index in [1.54, 1.807) is 6.07 Å². The van der Waals surface area contributed by atoms with Crippen LogP contribution in [0.25, 0.3) is 11.4 Å². The number of aryl methyl sites for hydroxylation is 1. The summed E-state index contributed by atoms with van der Waals surface area (Å²) >= 11 is 4.41. The molecule has 0 atom stereocenters. The van der Waals surface area contributed by atoms with Crippen LogP contribution in [-0.4, -0.2) is 25.0 Å². The fourth-order valence-electron chi connectivity index (χ4n) is 2.83. The third-order valence-electron chi connectivity index (χ3n) is 4.33. The molecule has 6 heteroatoms. The summed E-state index contributed by atoms with van der Waals surface area (Å²) in [5, 5.41) is 29.1. The molecule has 2 aromatic carbocycles. The van der Waals surface area contributed by atoms with Gasteiger partial charge in [0.1, 0.15) is 11.5 Å². The second-order valence-electron chi connectivity index (χ2n) is 6.42. The molecule has 0 aliphatic carbocycles. The summed E-state index contributed by atoms with van der Waals surface area (Å²) < 4.78 is 1.85. The first-order chi connectivity index (χ1) is 11.9. The molecule has 0 radical (unpaired) electrons. The quantitative estimate of drug-likeness (QED) is 0.616. The number of hydrogen-bond donors (Lipinski definition) is 3. The van der Waals surface area contributed by atoms with Crippen molar-refractivity contribution in [1.29, 1.82) is 0 Å². The molecule has 0 unspecified atom stereocenters. The first kappa shape index (κ1) is 17.4. The zero-order valence-corrected chi connectivity index (χ0v) is 15.3. The highest BCUT2D eigenvalue weighted by Gasteiger charge is 2.19. The fraction of sp³-hybridized carbons (Fsp3) is 0.263.